The van der Waals surface area contributed by atoms with Crippen molar-refractivity contribution in [3.05, 3.63) is 39.8 Å². The number of nitrogens with zero attached hydrogens (tertiary/aromatic N) is 7. The van der Waals surface area contributed by atoms with E-state index in [1.54, 1.807) is 20.8 Å². The number of piperazine rings is 1. The largest absolute Gasteiger partial charge is 0.363 e. The van der Waals surface area contributed by atoms with Crippen molar-refractivity contribution < 1.29 is 9.59 Å². The van der Waals surface area contributed by atoms with Crippen LogP contribution in [0.25, 0.3) is 0 Å². The molecule has 3 rings (SSSR count). The number of amides is 2. The molecule has 0 unspecified atom stereocenters. The van der Waals surface area contributed by atoms with Gasteiger partial charge in [-0.25, -0.2) is 9.97 Å². The zero-order chi connectivity index (χ0) is 22.0. The van der Waals surface area contributed by atoms with Crippen LogP contribution in [0.5, 0.6) is 0 Å². The van der Waals surface area contributed by atoms with Crippen molar-refractivity contribution >= 4 is 46.8 Å². The van der Waals surface area contributed by atoms with Gasteiger partial charge in [-0.1, -0.05) is 23.2 Å². The van der Waals surface area contributed by atoms with Crippen LogP contribution in [-0.4, -0.2) is 90.9 Å². The highest BCUT2D eigenvalue weighted by molar-refractivity contribution is 6.33. The van der Waals surface area contributed by atoms with Gasteiger partial charge in [0, 0.05) is 66.0 Å². The summed E-state index contributed by atoms with van der Waals surface area (Å²) >= 11 is 11.8. The lowest BCUT2D eigenvalue weighted by atomic mass is 10.2. The van der Waals surface area contributed by atoms with Gasteiger partial charge in [0.05, 0.1) is 0 Å². The molecule has 3 heterocycles. The third-order valence-corrected chi connectivity index (χ3v) is 5.03. The van der Waals surface area contributed by atoms with Crippen molar-refractivity contribution in [1.82, 2.24) is 24.8 Å². The maximum absolute atomic E-state index is 13.0. The molecular formula is C19H23Cl2N7O2. The quantitative estimate of drug-likeness (QED) is 0.656. The molecule has 0 N–H and O–H groups in total. The minimum atomic E-state index is -0.194. The van der Waals surface area contributed by atoms with E-state index in [1.165, 1.54) is 12.1 Å². The topological polar surface area (TPSA) is 85.8 Å². The molecule has 160 valence electrons. The van der Waals surface area contributed by atoms with Gasteiger partial charge in [-0.15, -0.1) is 0 Å². The third-order valence-electron chi connectivity index (χ3n) is 4.64. The first-order valence-electron chi connectivity index (χ1n) is 9.31. The van der Waals surface area contributed by atoms with E-state index in [1.807, 2.05) is 33.1 Å². The zero-order valence-electron chi connectivity index (χ0n) is 17.3. The molecule has 1 aliphatic heterocycles. The Morgan fingerprint density at radius 1 is 0.800 bits per heavy atom. The molecule has 2 aromatic rings. The fourth-order valence-corrected chi connectivity index (χ4v) is 3.47. The Morgan fingerprint density at radius 2 is 1.33 bits per heavy atom. The number of rotatable bonds is 4. The van der Waals surface area contributed by atoms with Gasteiger partial charge in [0.1, 0.15) is 21.8 Å². The van der Waals surface area contributed by atoms with Crippen molar-refractivity contribution in [3.8, 4) is 0 Å². The second-order valence-electron chi connectivity index (χ2n) is 7.29. The summed E-state index contributed by atoms with van der Waals surface area (Å²) in [6.45, 7) is 1.59. The molecular weight excluding hydrogens is 429 g/mol. The van der Waals surface area contributed by atoms with Crippen LogP contribution in [0.15, 0.2) is 18.2 Å². The predicted molar refractivity (Wildman–Crippen MR) is 117 cm³/mol. The van der Waals surface area contributed by atoms with E-state index in [0.29, 0.717) is 49.2 Å². The van der Waals surface area contributed by atoms with Gasteiger partial charge in [0.2, 0.25) is 5.95 Å². The van der Waals surface area contributed by atoms with Gasteiger partial charge in [0.15, 0.2) is 0 Å². The molecule has 0 aliphatic carbocycles. The van der Waals surface area contributed by atoms with Gasteiger partial charge in [0.25, 0.3) is 11.8 Å². The van der Waals surface area contributed by atoms with Crippen molar-refractivity contribution in [2.24, 2.45) is 0 Å². The molecule has 1 saturated heterocycles. The monoisotopic (exact) mass is 451 g/mol. The Hall–Kier alpha value is -2.65. The number of aromatic nitrogens is 3. The lowest BCUT2D eigenvalue weighted by Crippen LogP contribution is -2.50. The summed E-state index contributed by atoms with van der Waals surface area (Å²) in [5.74, 6) is 0.730. The van der Waals surface area contributed by atoms with Gasteiger partial charge in [-0.3, -0.25) is 9.59 Å². The number of hydrogen-bond acceptors (Lipinski definition) is 7. The first kappa shape index (κ1) is 22.0. The summed E-state index contributed by atoms with van der Waals surface area (Å²) < 4.78 is 0. The van der Waals surface area contributed by atoms with E-state index in [-0.39, 0.29) is 22.1 Å². The summed E-state index contributed by atoms with van der Waals surface area (Å²) in [7, 11) is 7.37. The minimum Gasteiger partial charge on any atom is -0.363 e. The lowest BCUT2D eigenvalue weighted by Gasteiger charge is -2.34. The van der Waals surface area contributed by atoms with Crippen LogP contribution in [-0.2, 0) is 0 Å². The number of anilines is 2. The average molecular weight is 452 g/mol. The van der Waals surface area contributed by atoms with Crippen LogP contribution < -0.4 is 9.80 Å². The van der Waals surface area contributed by atoms with E-state index < -0.39 is 0 Å². The molecule has 0 aromatic carbocycles. The van der Waals surface area contributed by atoms with Crippen LogP contribution in [0.1, 0.15) is 20.8 Å². The standard InChI is InChI=1S/C19H23Cl2N7O2/c1-25(2)16-11-13(22-19(24-16)26(3)4)18(30)28-7-5-27(6-8-28)17(29)12-9-14(20)23-15(21)10-12/h9-11H,5-8H2,1-4H3. The minimum absolute atomic E-state index is 0.164. The highest BCUT2D eigenvalue weighted by atomic mass is 35.5. The average Bonchev–Trinajstić information content (AvgIpc) is 2.71. The SMILES string of the molecule is CN(C)c1cc(C(=O)N2CCN(C(=O)c3cc(Cl)nc(Cl)c3)CC2)nc(N(C)C)n1. The molecule has 30 heavy (non-hydrogen) atoms. The van der Waals surface area contributed by atoms with E-state index >= 15 is 0 Å². The smallest absolute Gasteiger partial charge is 0.272 e. The molecule has 0 saturated carbocycles. The highest BCUT2D eigenvalue weighted by Crippen LogP contribution is 2.19. The maximum atomic E-state index is 13.0. The number of pyridine rings is 1. The number of carbonyl (C=O) groups excluding carboxylic acids is 2. The van der Waals surface area contributed by atoms with Crippen molar-refractivity contribution in [1.29, 1.82) is 0 Å². The molecule has 9 nitrogen and oxygen atoms in total. The van der Waals surface area contributed by atoms with Crippen LogP contribution in [0.3, 0.4) is 0 Å². The second-order valence-corrected chi connectivity index (χ2v) is 8.06. The van der Waals surface area contributed by atoms with Crippen LogP contribution in [0.2, 0.25) is 10.3 Å². The molecule has 2 aromatic heterocycles. The van der Waals surface area contributed by atoms with Crippen molar-refractivity contribution in [3.63, 3.8) is 0 Å². The number of halogens is 2. The summed E-state index contributed by atoms with van der Waals surface area (Å²) in [4.78, 5) is 45.4. The molecule has 0 radical (unpaired) electrons. The highest BCUT2D eigenvalue weighted by Gasteiger charge is 2.27. The Balaban J connectivity index is 1.72. The fourth-order valence-electron chi connectivity index (χ4n) is 3.01. The van der Waals surface area contributed by atoms with Gasteiger partial charge >= 0.3 is 0 Å². The fraction of sp³-hybridized carbons (Fsp3) is 0.421. The third kappa shape index (κ3) is 4.91. The predicted octanol–water partition coefficient (Wildman–Crippen LogP) is 1.91. The zero-order valence-corrected chi connectivity index (χ0v) is 18.8. The van der Waals surface area contributed by atoms with E-state index in [4.69, 9.17) is 23.2 Å². The first-order valence-corrected chi connectivity index (χ1v) is 10.1. The molecule has 2 amide bonds. The first-order chi connectivity index (χ1) is 14.2. The molecule has 1 fully saturated rings. The molecule has 0 atom stereocenters. The Kier molecular flexibility index (Phi) is 6.62. The van der Waals surface area contributed by atoms with Crippen molar-refractivity contribution in [2.45, 2.75) is 0 Å². The Labute approximate surface area is 185 Å². The summed E-state index contributed by atoms with van der Waals surface area (Å²) in [6.07, 6.45) is 0. The molecule has 1 aliphatic rings. The number of hydrogen-bond donors (Lipinski definition) is 0. The normalized spacial score (nSPS) is 13.9. The lowest BCUT2D eigenvalue weighted by molar-refractivity contribution is 0.0532. The van der Waals surface area contributed by atoms with E-state index in [9.17, 15) is 9.59 Å². The summed E-state index contributed by atoms with van der Waals surface area (Å²) in [5, 5.41) is 0.327. The van der Waals surface area contributed by atoms with Gasteiger partial charge in [-0.2, -0.15) is 4.98 Å². The second kappa shape index (κ2) is 9.01. The molecule has 11 heteroatoms. The van der Waals surface area contributed by atoms with Crippen molar-refractivity contribution in [2.75, 3.05) is 64.2 Å². The summed E-state index contributed by atoms with van der Waals surface area (Å²) in [5.41, 5.74) is 0.701. The van der Waals surface area contributed by atoms with Gasteiger partial charge in [-0.05, 0) is 12.1 Å². The number of carbonyl (C=O) groups is 2. The molecule has 0 spiro atoms. The van der Waals surface area contributed by atoms with Crippen LogP contribution >= 0.6 is 23.2 Å². The molecule has 0 bridgehead atoms. The Morgan fingerprint density at radius 3 is 1.83 bits per heavy atom. The van der Waals surface area contributed by atoms with E-state index in [0.717, 1.165) is 0 Å². The summed E-state index contributed by atoms with van der Waals surface area (Å²) in [6, 6.07) is 4.65. The van der Waals surface area contributed by atoms with Gasteiger partial charge < -0.3 is 19.6 Å². The van der Waals surface area contributed by atoms with E-state index in [2.05, 4.69) is 15.0 Å². The maximum Gasteiger partial charge on any atom is 0.272 e. The van der Waals surface area contributed by atoms with Crippen LogP contribution in [0.4, 0.5) is 11.8 Å². The van der Waals surface area contributed by atoms with Crippen LogP contribution in [0, 0.1) is 0 Å². The Bertz CT molecular complexity index is 913.